The van der Waals surface area contributed by atoms with Gasteiger partial charge in [0.15, 0.2) is 0 Å². The van der Waals surface area contributed by atoms with Gasteiger partial charge in [-0.3, -0.25) is 0 Å². The molecule has 0 spiro atoms. The van der Waals surface area contributed by atoms with Crippen LogP contribution < -0.4 is 5.73 Å². The van der Waals surface area contributed by atoms with E-state index in [1.54, 1.807) is 0 Å². The summed E-state index contributed by atoms with van der Waals surface area (Å²) >= 11 is 0. The molecule has 0 aromatic rings. The van der Waals surface area contributed by atoms with Gasteiger partial charge >= 0.3 is 0 Å². The third-order valence-electron chi connectivity index (χ3n) is 1.76. The van der Waals surface area contributed by atoms with Crippen LogP contribution in [-0.2, 0) is 9.47 Å². The second-order valence-corrected chi connectivity index (χ2v) is 3.44. The van der Waals surface area contributed by atoms with Crippen LogP contribution in [0.3, 0.4) is 0 Å². The van der Waals surface area contributed by atoms with Gasteiger partial charge in [-0.25, -0.2) is 0 Å². The first-order chi connectivity index (χ1) is 6.20. The number of nitrogens with two attached hydrogens (primary N) is 1. The molecular weight excluding hydrogens is 166 g/mol. The molecule has 80 valence electrons. The van der Waals surface area contributed by atoms with Crippen LogP contribution in [-0.4, -0.2) is 32.0 Å². The van der Waals surface area contributed by atoms with E-state index in [-0.39, 0.29) is 12.2 Å². The normalized spacial score (nSPS) is 13.6. The highest BCUT2D eigenvalue weighted by atomic mass is 16.5. The zero-order chi connectivity index (χ0) is 10.1. The Labute approximate surface area is 81.6 Å². The average molecular weight is 189 g/mol. The predicted molar refractivity (Wildman–Crippen MR) is 54.8 cm³/mol. The Morgan fingerprint density at radius 3 is 2.23 bits per heavy atom. The molecule has 0 saturated heterocycles. The van der Waals surface area contributed by atoms with E-state index < -0.39 is 0 Å². The van der Waals surface area contributed by atoms with Crippen molar-refractivity contribution in [2.24, 2.45) is 5.73 Å². The first kappa shape index (κ1) is 12.9. The lowest BCUT2D eigenvalue weighted by molar-refractivity contribution is -0.0121. The standard InChI is InChI=1S/C10H23NO2/c1-4-5-10(8-11)13-7-6-12-9(2)3/h9-10H,4-8,11H2,1-3H3. The summed E-state index contributed by atoms with van der Waals surface area (Å²) in [6.07, 6.45) is 2.65. The Kier molecular flexibility index (Phi) is 8.40. The molecule has 0 aromatic carbocycles. The molecule has 0 aliphatic carbocycles. The van der Waals surface area contributed by atoms with E-state index in [0.717, 1.165) is 12.8 Å². The molecule has 0 aromatic heterocycles. The molecule has 0 saturated carbocycles. The molecule has 3 heteroatoms. The van der Waals surface area contributed by atoms with Crippen molar-refractivity contribution in [1.82, 2.24) is 0 Å². The SMILES string of the molecule is CCCC(CN)OCCOC(C)C. The Morgan fingerprint density at radius 1 is 1.15 bits per heavy atom. The van der Waals surface area contributed by atoms with E-state index in [1.807, 2.05) is 13.8 Å². The molecule has 0 rings (SSSR count). The first-order valence-corrected chi connectivity index (χ1v) is 5.14. The lowest BCUT2D eigenvalue weighted by Gasteiger charge is -2.15. The van der Waals surface area contributed by atoms with Crippen LogP contribution >= 0.6 is 0 Å². The van der Waals surface area contributed by atoms with Gasteiger partial charge in [-0.2, -0.15) is 0 Å². The molecule has 0 amide bonds. The van der Waals surface area contributed by atoms with Crippen molar-refractivity contribution in [3.05, 3.63) is 0 Å². The topological polar surface area (TPSA) is 44.5 Å². The second-order valence-electron chi connectivity index (χ2n) is 3.44. The maximum atomic E-state index is 5.54. The van der Waals surface area contributed by atoms with Crippen molar-refractivity contribution in [1.29, 1.82) is 0 Å². The van der Waals surface area contributed by atoms with Crippen LogP contribution in [0, 0.1) is 0 Å². The van der Waals surface area contributed by atoms with Crippen molar-refractivity contribution in [3.63, 3.8) is 0 Å². The van der Waals surface area contributed by atoms with Crippen LogP contribution in [0.2, 0.25) is 0 Å². The van der Waals surface area contributed by atoms with Gasteiger partial charge in [-0.05, 0) is 20.3 Å². The number of hydrogen-bond donors (Lipinski definition) is 1. The van der Waals surface area contributed by atoms with Crippen LogP contribution in [0.1, 0.15) is 33.6 Å². The number of rotatable bonds is 8. The third-order valence-corrected chi connectivity index (χ3v) is 1.76. The molecule has 0 heterocycles. The van der Waals surface area contributed by atoms with Crippen molar-refractivity contribution >= 4 is 0 Å². The minimum absolute atomic E-state index is 0.209. The van der Waals surface area contributed by atoms with Gasteiger partial charge in [0.1, 0.15) is 0 Å². The third kappa shape index (κ3) is 8.22. The van der Waals surface area contributed by atoms with Gasteiger partial charge in [0.05, 0.1) is 25.4 Å². The van der Waals surface area contributed by atoms with Crippen LogP contribution in [0.15, 0.2) is 0 Å². The van der Waals surface area contributed by atoms with E-state index in [4.69, 9.17) is 15.2 Å². The summed E-state index contributed by atoms with van der Waals surface area (Å²) in [5.74, 6) is 0. The Balaban J connectivity index is 3.27. The molecule has 0 radical (unpaired) electrons. The minimum Gasteiger partial charge on any atom is -0.376 e. The largest absolute Gasteiger partial charge is 0.376 e. The summed E-state index contributed by atoms with van der Waals surface area (Å²) < 4.78 is 10.9. The minimum atomic E-state index is 0.209. The highest BCUT2D eigenvalue weighted by Crippen LogP contribution is 2.00. The highest BCUT2D eigenvalue weighted by Gasteiger charge is 2.04. The molecule has 3 nitrogen and oxygen atoms in total. The second kappa shape index (κ2) is 8.48. The molecule has 0 aliphatic rings. The predicted octanol–water partition coefficient (Wildman–Crippen LogP) is 1.56. The lowest BCUT2D eigenvalue weighted by Crippen LogP contribution is -2.25. The summed E-state index contributed by atoms with van der Waals surface area (Å²) in [6, 6.07) is 0. The fourth-order valence-electron chi connectivity index (χ4n) is 1.09. The van der Waals surface area contributed by atoms with Gasteiger partial charge < -0.3 is 15.2 Å². The summed E-state index contributed by atoms with van der Waals surface area (Å²) in [5.41, 5.74) is 5.54. The van der Waals surface area contributed by atoms with Crippen LogP contribution in [0.25, 0.3) is 0 Å². The van der Waals surface area contributed by atoms with E-state index in [0.29, 0.717) is 19.8 Å². The van der Waals surface area contributed by atoms with E-state index in [1.165, 1.54) is 0 Å². The van der Waals surface area contributed by atoms with Crippen LogP contribution in [0.4, 0.5) is 0 Å². The first-order valence-electron chi connectivity index (χ1n) is 5.14. The Hall–Kier alpha value is -0.120. The zero-order valence-electron chi connectivity index (χ0n) is 9.08. The maximum absolute atomic E-state index is 5.54. The fourth-order valence-corrected chi connectivity index (χ4v) is 1.09. The summed E-state index contributed by atoms with van der Waals surface area (Å²) in [5, 5.41) is 0. The summed E-state index contributed by atoms with van der Waals surface area (Å²) in [7, 11) is 0. The molecule has 0 aliphatic heterocycles. The van der Waals surface area contributed by atoms with Crippen molar-refractivity contribution < 1.29 is 9.47 Å². The molecular formula is C10H23NO2. The van der Waals surface area contributed by atoms with E-state index in [2.05, 4.69) is 6.92 Å². The van der Waals surface area contributed by atoms with Gasteiger partial charge in [0.25, 0.3) is 0 Å². The number of ether oxygens (including phenoxy) is 2. The van der Waals surface area contributed by atoms with Gasteiger partial charge in [0.2, 0.25) is 0 Å². The van der Waals surface area contributed by atoms with Gasteiger partial charge in [-0.15, -0.1) is 0 Å². The number of hydrogen-bond acceptors (Lipinski definition) is 3. The monoisotopic (exact) mass is 189 g/mol. The molecule has 2 N–H and O–H groups in total. The quantitative estimate of drug-likeness (QED) is 0.589. The van der Waals surface area contributed by atoms with Crippen molar-refractivity contribution in [2.75, 3.05) is 19.8 Å². The van der Waals surface area contributed by atoms with Crippen LogP contribution in [0.5, 0.6) is 0 Å². The lowest BCUT2D eigenvalue weighted by atomic mass is 10.2. The molecule has 1 atom stereocenters. The fraction of sp³-hybridized carbons (Fsp3) is 1.00. The average Bonchev–Trinajstić information content (AvgIpc) is 2.10. The molecule has 13 heavy (non-hydrogen) atoms. The molecule has 0 fully saturated rings. The summed E-state index contributed by atoms with van der Waals surface area (Å²) in [4.78, 5) is 0. The zero-order valence-corrected chi connectivity index (χ0v) is 9.08. The molecule has 0 bridgehead atoms. The molecule has 1 unspecified atom stereocenters. The summed E-state index contributed by atoms with van der Waals surface area (Å²) in [6.45, 7) is 8.10. The highest BCUT2D eigenvalue weighted by molar-refractivity contribution is 4.56. The van der Waals surface area contributed by atoms with E-state index >= 15 is 0 Å². The van der Waals surface area contributed by atoms with Crippen molar-refractivity contribution in [2.45, 2.75) is 45.8 Å². The smallest absolute Gasteiger partial charge is 0.0705 e. The van der Waals surface area contributed by atoms with Gasteiger partial charge in [-0.1, -0.05) is 13.3 Å². The van der Waals surface area contributed by atoms with Crippen molar-refractivity contribution in [3.8, 4) is 0 Å². The van der Waals surface area contributed by atoms with E-state index in [9.17, 15) is 0 Å². The van der Waals surface area contributed by atoms with Gasteiger partial charge in [0, 0.05) is 6.54 Å². The Bertz CT molecular complexity index is 107. The maximum Gasteiger partial charge on any atom is 0.0705 e. The Morgan fingerprint density at radius 2 is 1.77 bits per heavy atom.